The van der Waals surface area contributed by atoms with Crippen LogP contribution in [0.1, 0.15) is 54.9 Å². The fourth-order valence-electron chi connectivity index (χ4n) is 2.54. The lowest BCUT2D eigenvalue weighted by molar-refractivity contribution is -0.122. The maximum absolute atomic E-state index is 12.5. The summed E-state index contributed by atoms with van der Waals surface area (Å²) in [4.78, 5) is 23.9. The second-order valence-corrected chi connectivity index (χ2v) is 5.14. The molecule has 0 spiro atoms. The van der Waals surface area contributed by atoms with Gasteiger partial charge in [-0.3, -0.25) is 9.59 Å². The highest BCUT2D eigenvalue weighted by Gasteiger charge is 2.26. The van der Waals surface area contributed by atoms with Gasteiger partial charge in [0.1, 0.15) is 0 Å². The Bertz CT molecular complexity index is 468. The van der Waals surface area contributed by atoms with Crippen LogP contribution in [0.5, 0.6) is 0 Å². The molecule has 1 aromatic carbocycles. The maximum Gasteiger partial charge on any atom is 0.220 e. The molecule has 1 heterocycles. The van der Waals surface area contributed by atoms with Gasteiger partial charge in [-0.25, -0.2) is 0 Å². The number of carbonyl (C=O) groups excluding carboxylic acids is 2. The molecule has 3 nitrogen and oxygen atoms in total. The monoisotopic (exact) mass is 259 g/mol. The number of nitrogens with one attached hydrogen (secondary N) is 1. The van der Waals surface area contributed by atoms with Gasteiger partial charge in [-0.05, 0) is 31.2 Å². The van der Waals surface area contributed by atoms with E-state index < -0.39 is 0 Å². The van der Waals surface area contributed by atoms with E-state index in [-0.39, 0.29) is 17.7 Å². The second-order valence-electron chi connectivity index (χ2n) is 5.14. The number of Topliss-reactive ketones (excluding diaryl/α,β-unsaturated/α-hetero) is 1. The van der Waals surface area contributed by atoms with Crippen LogP contribution in [0.4, 0.5) is 0 Å². The highest BCUT2D eigenvalue weighted by atomic mass is 16.2. The van der Waals surface area contributed by atoms with E-state index in [1.165, 1.54) is 0 Å². The van der Waals surface area contributed by atoms with Crippen molar-refractivity contribution < 1.29 is 9.59 Å². The van der Waals surface area contributed by atoms with Crippen LogP contribution in [-0.4, -0.2) is 17.7 Å². The van der Waals surface area contributed by atoms with Crippen LogP contribution >= 0.6 is 0 Å². The standard InChI is InChI=1S/C16H21NO2/c1-2-3-7-12-8-4-5-9-13(12)16(19)14-10-6-11-15(18)17-14/h4-5,8-9,14H,2-3,6-7,10-11H2,1H3,(H,17,18). The number of hydrogen-bond acceptors (Lipinski definition) is 2. The van der Waals surface area contributed by atoms with E-state index in [0.717, 1.165) is 43.2 Å². The molecule has 1 atom stereocenters. The summed E-state index contributed by atoms with van der Waals surface area (Å²) in [6.07, 6.45) is 5.23. The van der Waals surface area contributed by atoms with Gasteiger partial charge in [-0.1, -0.05) is 37.6 Å². The summed E-state index contributed by atoms with van der Waals surface area (Å²) in [5.74, 6) is 0.0652. The van der Waals surface area contributed by atoms with Crippen molar-refractivity contribution in [1.82, 2.24) is 5.32 Å². The Labute approximate surface area is 114 Å². The molecule has 1 aliphatic heterocycles. The Kier molecular flexibility index (Phi) is 4.72. The molecule has 1 N–H and O–H groups in total. The van der Waals surface area contributed by atoms with Gasteiger partial charge in [0.2, 0.25) is 5.91 Å². The molecule has 1 aliphatic rings. The molecule has 2 rings (SSSR count). The first kappa shape index (κ1) is 13.8. The number of amides is 1. The lowest BCUT2D eigenvalue weighted by Gasteiger charge is -2.23. The molecule has 1 saturated heterocycles. The predicted octanol–water partition coefficient (Wildman–Crippen LogP) is 2.88. The minimum atomic E-state index is -0.330. The third-order valence-corrected chi connectivity index (χ3v) is 3.63. The Hall–Kier alpha value is -1.64. The SMILES string of the molecule is CCCCc1ccccc1C(=O)C1CCCC(=O)N1. The fourth-order valence-corrected chi connectivity index (χ4v) is 2.54. The van der Waals surface area contributed by atoms with E-state index in [0.29, 0.717) is 6.42 Å². The summed E-state index contributed by atoms with van der Waals surface area (Å²) in [5, 5.41) is 2.81. The normalized spacial score (nSPS) is 19.0. The molecule has 19 heavy (non-hydrogen) atoms. The molecule has 102 valence electrons. The topological polar surface area (TPSA) is 46.2 Å². The molecular weight excluding hydrogens is 238 g/mol. The first-order chi connectivity index (χ1) is 9.22. The quantitative estimate of drug-likeness (QED) is 0.826. The molecule has 0 radical (unpaired) electrons. The molecule has 0 saturated carbocycles. The summed E-state index contributed by atoms with van der Waals surface area (Å²) in [5.41, 5.74) is 1.89. The van der Waals surface area contributed by atoms with Crippen LogP contribution < -0.4 is 5.32 Å². The zero-order valence-corrected chi connectivity index (χ0v) is 11.4. The van der Waals surface area contributed by atoms with E-state index in [2.05, 4.69) is 12.2 Å². The predicted molar refractivity (Wildman–Crippen MR) is 75.2 cm³/mol. The number of ketones is 1. The summed E-state index contributed by atoms with van der Waals surface area (Å²) in [6.45, 7) is 2.14. The number of aryl methyl sites for hydroxylation is 1. The molecule has 0 aliphatic carbocycles. The van der Waals surface area contributed by atoms with Crippen LogP contribution in [0.3, 0.4) is 0 Å². The zero-order valence-electron chi connectivity index (χ0n) is 11.4. The van der Waals surface area contributed by atoms with Crippen LogP contribution in [0.25, 0.3) is 0 Å². The van der Waals surface area contributed by atoms with Crippen molar-refractivity contribution in [2.45, 2.75) is 51.5 Å². The van der Waals surface area contributed by atoms with Crippen molar-refractivity contribution in [3.63, 3.8) is 0 Å². The molecular formula is C16H21NO2. The number of carbonyl (C=O) groups is 2. The van der Waals surface area contributed by atoms with Gasteiger partial charge >= 0.3 is 0 Å². The number of piperidine rings is 1. The zero-order chi connectivity index (χ0) is 13.7. The van der Waals surface area contributed by atoms with Crippen molar-refractivity contribution in [2.75, 3.05) is 0 Å². The molecule has 1 aromatic rings. The number of rotatable bonds is 5. The van der Waals surface area contributed by atoms with E-state index in [9.17, 15) is 9.59 Å². The summed E-state index contributed by atoms with van der Waals surface area (Å²) in [7, 11) is 0. The molecule has 1 unspecified atom stereocenters. The minimum absolute atomic E-state index is 0.00404. The van der Waals surface area contributed by atoms with Gasteiger partial charge in [0.05, 0.1) is 6.04 Å². The number of hydrogen-bond donors (Lipinski definition) is 1. The van der Waals surface area contributed by atoms with Crippen molar-refractivity contribution >= 4 is 11.7 Å². The van der Waals surface area contributed by atoms with E-state index in [1.54, 1.807) is 0 Å². The minimum Gasteiger partial charge on any atom is -0.346 e. The summed E-state index contributed by atoms with van der Waals surface area (Å²) in [6, 6.07) is 7.44. The smallest absolute Gasteiger partial charge is 0.220 e. The number of benzene rings is 1. The summed E-state index contributed by atoms with van der Waals surface area (Å²) < 4.78 is 0. The highest BCUT2D eigenvalue weighted by molar-refractivity contribution is 6.03. The fraction of sp³-hybridized carbons (Fsp3) is 0.500. The Morgan fingerprint density at radius 2 is 2.16 bits per heavy atom. The first-order valence-corrected chi connectivity index (χ1v) is 7.14. The van der Waals surface area contributed by atoms with E-state index in [4.69, 9.17) is 0 Å². The van der Waals surface area contributed by atoms with Gasteiger partial charge in [-0.15, -0.1) is 0 Å². The first-order valence-electron chi connectivity index (χ1n) is 7.14. The van der Waals surface area contributed by atoms with Gasteiger partial charge in [0, 0.05) is 12.0 Å². The molecule has 1 fully saturated rings. The van der Waals surface area contributed by atoms with E-state index in [1.807, 2.05) is 24.3 Å². The van der Waals surface area contributed by atoms with Crippen molar-refractivity contribution in [1.29, 1.82) is 0 Å². The van der Waals surface area contributed by atoms with Crippen LogP contribution in [0, 0.1) is 0 Å². The molecule has 0 bridgehead atoms. The third-order valence-electron chi connectivity index (χ3n) is 3.63. The van der Waals surface area contributed by atoms with Crippen molar-refractivity contribution in [3.8, 4) is 0 Å². The average Bonchev–Trinajstić information content (AvgIpc) is 2.44. The lowest BCUT2D eigenvalue weighted by atomic mass is 9.92. The Balaban J connectivity index is 2.15. The second kappa shape index (κ2) is 6.50. The van der Waals surface area contributed by atoms with Crippen molar-refractivity contribution in [2.24, 2.45) is 0 Å². The molecule has 0 aromatic heterocycles. The van der Waals surface area contributed by atoms with Crippen LogP contribution in [0.2, 0.25) is 0 Å². The van der Waals surface area contributed by atoms with Gasteiger partial charge in [0.25, 0.3) is 0 Å². The highest BCUT2D eigenvalue weighted by Crippen LogP contribution is 2.18. The average molecular weight is 259 g/mol. The lowest BCUT2D eigenvalue weighted by Crippen LogP contribution is -2.44. The molecule has 3 heteroatoms. The molecule has 1 amide bonds. The van der Waals surface area contributed by atoms with Crippen LogP contribution in [0.15, 0.2) is 24.3 Å². The Morgan fingerprint density at radius 1 is 1.37 bits per heavy atom. The summed E-state index contributed by atoms with van der Waals surface area (Å²) >= 11 is 0. The third kappa shape index (κ3) is 3.43. The van der Waals surface area contributed by atoms with Crippen LogP contribution in [-0.2, 0) is 11.2 Å². The van der Waals surface area contributed by atoms with E-state index >= 15 is 0 Å². The van der Waals surface area contributed by atoms with Gasteiger partial charge in [-0.2, -0.15) is 0 Å². The largest absolute Gasteiger partial charge is 0.346 e. The Morgan fingerprint density at radius 3 is 2.89 bits per heavy atom. The maximum atomic E-state index is 12.5. The van der Waals surface area contributed by atoms with Gasteiger partial charge in [0.15, 0.2) is 5.78 Å². The van der Waals surface area contributed by atoms with Gasteiger partial charge < -0.3 is 5.32 Å². The van der Waals surface area contributed by atoms with Crippen molar-refractivity contribution in [3.05, 3.63) is 35.4 Å². The number of unbranched alkanes of at least 4 members (excludes halogenated alkanes) is 1.